The van der Waals surface area contributed by atoms with Gasteiger partial charge >= 0.3 is 0 Å². The van der Waals surface area contributed by atoms with E-state index in [0.717, 1.165) is 5.69 Å². The van der Waals surface area contributed by atoms with Gasteiger partial charge in [-0.05, 0) is 25.3 Å². The third kappa shape index (κ3) is 4.05. The summed E-state index contributed by atoms with van der Waals surface area (Å²) in [4.78, 5) is 3.35. The number of nitrogens with one attached hydrogen (secondary N) is 2. The Morgan fingerprint density at radius 1 is 1.50 bits per heavy atom. The molecular weight excluding hydrogens is 278 g/mol. The molecule has 1 heterocycles. The van der Waals surface area contributed by atoms with Gasteiger partial charge in [0.25, 0.3) is 0 Å². The van der Waals surface area contributed by atoms with Gasteiger partial charge in [0.15, 0.2) is 0 Å². The van der Waals surface area contributed by atoms with E-state index in [4.69, 9.17) is 4.74 Å². The number of sulfonamides is 1. The van der Waals surface area contributed by atoms with Crippen LogP contribution in [-0.2, 0) is 21.3 Å². The van der Waals surface area contributed by atoms with Crippen molar-refractivity contribution in [3.05, 3.63) is 18.0 Å². The third-order valence-electron chi connectivity index (χ3n) is 3.40. The van der Waals surface area contributed by atoms with Gasteiger partial charge in [-0.3, -0.25) is 0 Å². The fraction of sp³-hybridized carbons (Fsp3) is 0.692. The first kappa shape index (κ1) is 15.5. The molecule has 0 atom stereocenters. The van der Waals surface area contributed by atoms with Gasteiger partial charge in [-0.1, -0.05) is 0 Å². The standard InChI is InChI=1S/C13H23N3O3S/c1-16(6-3-7-19-2)20(17,18)13-8-12(15-10-13)9-14-11-4-5-11/h8,10-11,14-15H,3-7,9H2,1-2H3. The van der Waals surface area contributed by atoms with Gasteiger partial charge in [-0.15, -0.1) is 0 Å². The van der Waals surface area contributed by atoms with Crippen molar-refractivity contribution in [2.24, 2.45) is 0 Å². The Labute approximate surface area is 120 Å². The summed E-state index contributed by atoms with van der Waals surface area (Å²) in [6.07, 6.45) is 4.68. The SMILES string of the molecule is COCCCN(C)S(=O)(=O)c1c[nH]c(CNC2CC2)c1. The van der Waals surface area contributed by atoms with Crippen LogP contribution in [-0.4, -0.2) is 51.1 Å². The van der Waals surface area contributed by atoms with E-state index in [0.29, 0.717) is 37.1 Å². The molecule has 0 spiro atoms. The summed E-state index contributed by atoms with van der Waals surface area (Å²) in [7, 11) is -0.195. The highest BCUT2D eigenvalue weighted by atomic mass is 32.2. The van der Waals surface area contributed by atoms with Crippen molar-refractivity contribution >= 4 is 10.0 Å². The number of rotatable bonds is 9. The fourth-order valence-electron chi connectivity index (χ4n) is 1.94. The molecule has 2 rings (SSSR count). The van der Waals surface area contributed by atoms with Crippen molar-refractivity contribution < 1.29 is 13.2 Å². The summed E-state index contributed by atoms with van der Waals surface area (Å²) in [5.74, 6) is 0. The molecule has 1 aliphatic rings. The summed E-state index contributed by atoms with van der Waals surface area (Å²) in [6, 6.07) is 2.31. The van der Waals surface area contributed by atoms with Crippen LogP contribution in [0.5, 0.6) is 0 Å². The summed E-state index contributed by atoms with van der Waals surface area (Å²) in [5.41, 5.74) is 0.903. The predicted octanol–water partition coefficient (Wildman–Crippen LogP) is 0.924. The third-order valence-corrected chi connectivity index (χ3v) is 5.24. The van der Waals surface area contributed by atoms with Crippen LogP contribution in [0, 0.1) is 0 Å². The number of H-pyrrole nitrogens is 1. The summed E-state index contributed by atoms with van der Waals surface area (Å²) in [6.45, 7) is 1.70. The van der Waals surface area contributed by atoms with E-state index in [-0.39, 0.29) is 0 Å². The lowest BCUT2D eigenvalue weighted by atomic mass is 10.4. The van der Waals surface area contributed by atoms with E-state index in [1.807, 2.05) is 0 Å². The number of ether oxygens (including phenoxy) is 1. The minimum Gasteiger partial charge on any atom is -0.385 e. The topological polar surface area (TPSA) is 74.4 Å². The molecule has 0 radical (unpaired) electrons. The molecule has 6 nitrogen and oxygen atoms in total. The van der Waals surface area contributed by atoms with Gasteiger partial charge in [-0.25, -0.2) is 12.7 Å². The Balaban J connectivity index is 1.93. The van der Waals surface area contributed by atoms with Crippen molar-refractivity contribution in [3.63, 3.8) is 0 Å². The summed E-state index contributed by atoms with van der Waals surface area (Å²) >= 11 is 0. The molecule has 7 heteroatoms. The molecule has 1 aromatic heterocycles. The number of aromatic amines is 1. The first-order chi connectivity index (χ1) is 9.54. The van der Waals surface area contributed by atoms with Crippen LogP contribution in [0.15, 0.2) is 17.2 Å². The zero-order valence-electron chi connectivity index (χ0n) is 12.1. The zero-order chi connectivity index (χ0) is 14.6. The Morgan fingerprint density at radius 2 is 2.25 bits per heavy atom. The molecular formula is C13H23N3O3S. The van der Waals surface area contributed by atoms with Crippen LogP contribution in [0.1, 0.15) is 25.0 Å². The van der Waals surface area contributed by atoms with E-state index in [1.54, 1.807) is 26.4 Å². The molecule has 2 N–H and O–H groups in total. The maximum atomic E-state index is 12.3. The van der Waals surface area contributed by atoms with Gasteiger partial charge in [0, 0.05) is 51.8 Å². The van der Waals surface area contributed by atoms with Gasteiger partial charge in [-0.2, -0.15) is 0 Å². The predicted molar refractivity (Wildman–Crippen MR) is 77.0 cm³/mol. The average Bonchev–Trinajstić information content (AvgIpc) is 3.12. The molecule has 1 aliphatic carbocycles. The van der Waals surface area contributed by atoms with E-state index in [1.165, 1.54) is 17.1 Å². The molecule has 20 heavy (non-hydrogen) atoms. The average molecular weight is 301 g/mol. The zero-order valence-corrected chi connectivity index (χ0v) is 12.9. The molecule has 0 aliphatic heterocycles. The summed E-state index contributed by atoms with van der Waals surface area (Å²) in [5, 5.41) is 3.35. The first-order valence-corrected chi connectivity index (χ1v) is 8.34. The number of hydrogen-bond acceptors (Lipinski definition) is 4. The Kier molecular flexibility index (Phi) is 5.20. The van der Waals surface area contributed by atoms with Crippen LogP contribution in [0.2, 0.25) is 0 Å². The largest absolute Gasteiger partial charge is 0.385 e. The normalized spacial score (nSPS) is 15.9. The fourth-order valence-corrected chi connectivity index (χ4v) is 3.17. The van der Waals surface area contributed by atoms with Gasteiger partial charge in [0.2, 0.25) is 10.0 Å². The van der Waals surface area contributed by atoms with Crippen LogP contribution in [0.3, 0.4) is 0 Å². The Hall–Kier alpha value is -0.890. The first-order valence-electron chi connectivity index (χ1n) is 6.90. The van der Waals surface area contributed by atoms with Crippen LogP contribution < -0.4 is 5.32 Å². The number of methoxy groups -OCH3 is 1. The number of aromatic nitrogens is 1. The monoisotopic (exact) mass is 301 g/mol. The summed E-state index contributed by atoms with van der Waals surface area (Å²) < 4.78 is 31.0. The number of nitrogens with zero attached hydrogens (tertiary/aromatic N) is 1. The van der Waals surface area contributed by atoms with Crippen molar-refractivity contribution in [1.82, 2.24) is 14.6 Å². The highest BCUT2D eigenvalue weighted by Crippen LogP contribution is 2.20. The Bertz CT molecular complexity index is 523. The highest BCUT2D eigenvalue weighted by molar-refractivity contribution is 7.89. The van der Waals surface area contributed by atoms with E-state index in [9.17, 15) is 8.42 Å². The van der Waals surface area contributed by atoms with E-state index >= 15 is 0 Å². The molecule has 0 unspecified atom stereocenters. The Morgan fingerprint density at radius 3 is 2.90 bits per heavy atom. The maximum Gasteiger partial charge on any atom is 0.244 e. The molecule has 114 valence electrons. The van der Waals surface area contributed by atoms with Gasteiger partial charge in [0.1, 0.15) is 0 Å². The van der Waals surface area contributed by atoms with Crippen LogP contribution in [0.4, 0.5) is 0 Å². The van der Waals surface area contributed by atoms with Crippen LogP contribution in [0.25, 0.3) is 0 Å². The molecule has 0 aromatic carbocycles. The second kappa shape index (κ2) is 6.71. The molecule has 0 bridgehead atoms. The van der Waals surface area contributed by atoms with E-state index in [2.05, 4.69) is 10.3 Å². The maximum absolute atomic E-state index is 12.3. The minimum absolute atomic E-state index is 0.324. The molecule has 1 fully saturated rings. The minimum atomic E-state index is -3.40. The molecule has 0 saturated heterocycles. The number of hydrogen-bond donors (Lipinski definition) is 2. The smallest absolute Gasteiger partial charge is 0.244 e. The second-order valence-corrected chi connectivity index (χ2v) is 7.23. The molecule has 0 amide bonds. The van der Waals surface area contributed by atoms with Gasteiger partial charge in [0.05, 0.1) is 4.90 Å². The molecule has 1 saturated carbocycles. The quantitative estimate of drug-likeness (QED) is 0.665. The van der Waals surface area contributed by atoms with Crippen molar-refractivity contribution in [3.8, 4) is 0 Å². The lowest BCUT2D eigenvalue weighted by molar-refractivity contribution is 0.189. The van der Waals surface area contributed by atoms with Crippen molar-refractivity contribution in [2.75, 3.05) is 27.3 Å². The lowest BCUT2D eigenvalue weighted by Crippen LogP contribution is -2.28. The van der Waals surface area contributed by atoms with Crippen molar-refractivity contribution in [2.45, 2.75) is 36.7 Å². The second-order valence-electron chi connectivity index (χ2n) is 5.19. The molecule has 1 aromatic rings. The van der Waals surface area contributed by atoms with Crippen LogP contribution >= 0.6 is 0 Å². The van der Waals surface area contributed by atoms with E-state index < -0.39 is 10.0 Å². The lowest BCUT2D eigenvalue weighted by Gasteiger charge is -2.15. The van der Waals surface area contributed by atoms with Gasteiger partial charge < -0.3 is 15.0 Å². The van der Waals surface area contributed by atoms with Crippen molar-refractivity contribution in [1.29, 1.82) is 0 Å². The highest BCUT2D eigenvalue weighted by Gasteiger charge is 2.23.